The van der Waals surface area contributed by atoms with Crippen LogP contribution in [0.15, 0.2) is 4.79 Å². The summed E-state index contributed by atoms with van der Waals surface area (Å²) in [6.45, 7) is 5.71. The molecular formula is C11H17N3O. The van der Waals surface area contributed by atoms with Crippen molar-refractivity contribution in [3.63, 3.8) is 0 Å². The predicted molar refractivity (Wildman–Crippen MR) is 59.0 cm³/mol. The molecule has 0 saturated heterocycles. The van der Waals surface area contributed by atoms with E-state index in [4.69, 9.17) is 0 Å². The van der Waals surface area contributed by atoms with Gasteiger partial charge in [-0.3, -0.25) is 9.36 Å². The van der Waals surface area contributed by atoms with Gasteiger partial charge in [0.15, 0.2) is 0 Å². The van der Waals surface area contributed by atoms with Gasteiger partial charge in [-0.1, -0.05) is 13.8 Å². The SMILES string of the molecule is CC(C)c1nc2c(c(=O)n1C)CNCC2. The molecule has 0 aliphatic carbocycles. The van der Waals surface area contributed by atoms with Crippen LogP contribution in [0.25, 0.3) is 0 Å². The highest BCUT2D eigenvalue weighted by molar-refractivity contribution is 5.22. The zero-order valence-corrected chi connectivity index (χ0v) is 9.50. The summed E-state index contributed by atoms with van der Waals surface area (Å²) >= 11 is 0. The van der Waals surface area contributed by atoms with Crippen LogP contribution in [0.2, 0.25) is 0 Å². The van der Waals surface area contributed by atoms with E-state index in [1.165, 1.54) is 0 Å². The summed E-state index contributed by atoms with van der Waals surface area (Å²) in [4.78, 5) is 16.6. The van der Waals surface area contributed by atoms with Crippen LogP contribution in [0, 0.1) is 0 Å². The van der Waals surface area contributed by atoms with Gasteiger partial charge in [0.2, 0.25) is 0 Å². The first-order valence-corrected chi connectivity index (χ1v) is 5.40. The van der Waals surface area contributed by atoms with Crippen LogP contribution in [-0.4, -0.2) is 16.1 Å². The van der Waals surface area contributed by atoms with Crippen LogP contribution in [0.5, 0.6) is 0 Å². The molecule has 0 unspecified atom stereocenters. The second kappa shape index (κ2) is 3.77. The van der Waals surface area contributed by atoms with E-state index in [1.54, 1.807) is 11.6 Å². The minimum absolute atomic E-state index is 0.107. The largest absolute Gasteiger partial charge is 0.312 e. The summed E-state index contributed by atoms with van der Waals surface area (Å²) in [5.74, 6) is 1.18. The lowest BCUT2D eigenvalue weighted by Gasteiger charge is -2.19. The normalized spacial score (nSPS) is 15.5. The van der Waals surface area contributed by atoms with E-state index in [2.05, 4.69) is 24.1 Å². The Balaban J connectivity index is 2.63. The number of nitrogens with zero attached hydrogens (tertiary/aromatic N) is 2. The van der Waals surface area contributed by atoms with Gasteiger partial charge in [0.25, 0.3) is 5.56 Å². The molecule has 4 heteroatoms. The molecule has 0 amide bonds. The number of hydrogen-bond acceptors (Lipinski definition) is 3. The number of nitrogens with one attached hydrogen (secondary N) is 1. The van der Waals surface area contributed by atoms with E-state index < -0.39 is 0 Å². The highest BCUT2D eigenvalue weighted by atomic mass is 16.1. The van der Waals surface area contributed by atoms with Crippen LogP contribution in [0.4, 0.5) is 0 Å². The Hall–Kier alpha value is -1.16. The molecule has 1 aromatic heterocycles. The Morgan fingerprint density at radius 1 is 1.47 bits per heavy atom. The second-order valence-electron chi connectivity index (χ2n) is 4.34. The van der Waals surface area contributed by atoms with Gasteiger partial charge in [0.1, 0.15) is 5.82 Å². The molecule has 2 heterocycles. The molecular weight excluding hydrogens is 190 g/mol. The van der Waals surface area contributed by atoms with Crippen molar-refractivity contribution in [1.82, 2.24) is 14.9 Å². The Kier molecular flexibility index (Phi) is 2.61. The first-order chi connectivity index (χ1) is 7.11. The Labute approximate surface area is 89.3 Å². The maximum atomic E-state index is 12.0. The Morgan fingerprint density at radius 2 is 2.20 bits per heavy atom. The molecule has 0 spiro atoms. The third-order valence-electron chi connectivity index (χ3n) is 2.86. The molecule has 82 valence electrons. The summed E-state index contributed by atoms with van der Waals surface area (Å²) in [6.07, 6.45) is 0.866. The molecule has 1 aliphatic rings. The van der Waals surface area contributed by atoms with Crippen molar-refractivity contribution in [3.05, 3.63) is 27.4 Å². The zero-order chi connectivity index (χ0) is 11.0. The molecule has 4 nitrogen and oxygen atoms in total. The number of aromatic nitrogens is 2. The van der Waals surface area contributed by atoms with Crippen LogP contribution < -0.4 is 10.9 Å². The van der Waals surface area contributed by atoms with E-state index >= 15 is 0 Å². The van der Waals surface area contributed by atoms with Crippen molar-refractivity contribution in [1.29, 1.82) is 0 Å². The minimum atomic E-state index is 0.107. The molecule has 0 bridgehead atoms. The average molecular weight is 207 g/mol. The molecule has 15 heavy (non-hydrogen) atoms. The highest BCUT2D eigenvalue weighted by Crippen LogP contribution is 2.13. The molecule has 1 N–H and O–H groups in total. The highest BCUT2D eigenvalue weighted by Gasteiger charge is 2.18. The summed E-state index contributed by atoms with van der Waals surface area (Å²) in [7, 11) is 1.81. The second-order valence-corrected chi connectivity index (χ2v) is 4.34. The van der Waals surface area contributed by atoms with Gasteiger partial charge in [-0.2, -0.15) is 0 Å². The summed E-state index contributed by atoms with van der Waals surface area (Å²) < 4.78 is 1.68. The molecule has 0 atom stereocenters. The van der Waals surface area contributed by atoms with Gasteiger partial charge in [-0.25, -0.2) is 4.98 Å². The van der Waals surface area contributed by atoms with E-state index in [0.29, 0.717) is 12.5 Å². The lowest BCUT2D eigenvalue weighted by molar-refractivity contribution is 0.576. The van der Waals surface area contributed by atoms with Crippen LogP contribution >= 0.6 is 0 Å². The lowest BCUT2D eigenvalue weighted by Crippen LogP contribution is -2.36. The van der Waals surface area contributed by atoms with Gasteiger partial charge in [0.05, 0.1) is 11.3 Å². The van der Waals surface area contributed by atoms with Crippen molar-refractivity contribution in [2.24, 2.45) is 7.05 Å². The third kappa shape index (κ3) is 1.69. The molecule has 0 fully saturated rings. The van der Waals surface area contributed by atoms with Crippen LogP contribution in [-0.2, 0) is 20.0 Å². The Morgan fingerprint density at radius 3 is 2.87 bits per heavy atom. The molecule has 1 aromatic rings. The molecule has 2 rings (SSSR count). The maximum absolute atomic E-state index is 12.0. The fourth-order valence-electron chi connectivity index (χ4n) is 2.03. The number of fused-ring (bicyclic) bond motifs is 1. The van der Waals surface area contributed by atoms with Gasteiger partial charge in [-0.15, -0.1) is 0 Å². The fourth-order valence-corrected chi connectivity index (χ4v) is 2.03. The Bertz CT molecular complexity index is 434. The van der Waals surface area contributed by atoms with Gasteiger partial charge < -0.3 is 5.32 Å². The van der Waals surface area contributed by atoms with Crippen LogP contribution in [0.3, 0.4) is 0 Å². The third-order valence-corrected chi connectivity index (χ3v) is 2.86. The van der Waals surface area contributed by atoms with Crippen molar-refractivity contribution in [2.45, 2.75) is 32.7 Å². The number of rotatable bonds is 1. The fraction of sp³-hybridized carbons (Fsp3) is 0.636. The van der Waals surface area contributed by atoms with E-state index in [1.807, 2.05) is 0 Å². The number of hydrogen-bond donors (Lipinski definition) is 1. The van der Waals surface area contributed by atoms with Crippen LogP contribution in [0.1, 0.15) is 36.8 Å². The maximum Gasteiger partial charge on any atom is 0.258 e. The van der Waals surface area contributed by atoms with Crippen molar-refractivity contribution >= 4 is 0 Å². The van der Waals surface area contributed by atoms with Crippen molar-refractivity contribution < 1.29 is 0 Å². The van der Waals surface area contributed by atoms with Crippen molar-refractivity contribution in [3.8, 4) is 0 Å². The summed E-state index contributed by atoms with van der Waals surface area (Å²) in [6, 6.07) is 0. The van der Waals surface area contributed by atoms with Gasteiger partial charge in [0, 0.05) is 32.5 Å². The molecule has 1 aliphatic heterocycles. The molecule has 0 saturated carbocycles. The standard InChI is InChI=1S/C11H17N3O/c1-7(2)10-13-9-4-5-12-6-8(9)11(15)14(10)3/h7,12H,4-6H2,1-3H3. The smallest absolute Gasteiger partial charge is 0.258 e. The monoisotopic (exact) mass is 207 g/mol. The van der Waals surface area contributed by atoms with E-state index in [9.17, 15) is 4.79 Å². The summed E-state index contributed by atoms with van der Waals surface area (Å²) in [5, 5.41) is 3.20. The van der Waals surface area contributed by atoms with E-state index in [0.717, 1.165) is 30.0 Å². The average Bonchev–Trinajstić information content (AvgIpc) is 2.23. The first-order valence-electron chi connectivity index (χ1n) is 5.40. The zero-order valence-electron chi connectivity index (χ0n) is 9.50. The predicted octanol–water partition coefficient (Wildman–Crippen LogP) is 0.549. The van der Waals surface area contributed by atoms with E-state index in [-0.39, 0.29) is 5.56 Å². The quantitative estimate of drug-likeness (QED) is 0.731. The topological polar surface area (TPSA) is 46.9 Å². The first kappa shape index (κ1) is 10.4. The van der Waals surface area contributed by atoms with Gasteiger partial charge >= 0.3 is 0 Å². The summed E-state index contributed by atoms with van der Waals surface area (Å²) in [5.41, 5.74) is 1.93. The minimum Gasteiger partial charge on any atom is -0.312 e. The van der Waals surface area contributed by atoms with Gasteiger partial charge in [-0.05, 0) is 0 Å². The lowest BCUT2D eigenvalue weighted by atomic mass is 10.1. The molecule has 0 radical (unpaired) electrons. The van der Waals surface area contributed by atoms with Crippen molar-refractivity contribution in [2.75, 3.05) is 6.54 Å². The molecule has 0 aromatic carbocycles.